The Hall–Kier alpha value is -2.13. The second kappa shape index (κ2) is 12.0. The van der Waals surface area contributed by atoms with Crippen LogP contribution in [0.4, 0.5) is 4.79 Å². The number of ether oxygens (including phenoxy) is 1. The maximum Gasteiger partial charge on any atom is 0.408 e. The fourth-order valence-electron chi connectivity index (χ4n) is 3.96. The van der Waals surface area contributed by atoms with E-state index in [0.717, 1.165) is 18.4 Å². The quantitative estimate of drug-likeness (QED) is 0.512. The molecule has 0 aliphatic carbocycles. The van der Waals surface area contributed by atoms with Crippen LogP contribution in [0.25, 0.3) is 0 Å². The van der Waals surface area contributed by atoms with Gasteiger partial charge in [-0.05, 0) is 77.3 Å². The van der Waals surface area contributed by atoms with Gasteiger partial charge in [0, 0.05) is 13.1 Å². The fourth-order valence-corrected chi connectivity index (χ4v) is 4.88. The summed E-state index contributed by atoms with van der Waals surface area (Å²) in [6.07, 6.45) is 2.16. The third-order valence-electron chi connectivity index (χ3n) is 5.60. The van der Waals surface area contributed by atoms with E-state index >= 15 is 0 Å². The number of benzene rings is 1. The second-order valence-electron chi connectivity index (χ2n) is 10.5. The SMILES string of the molecule is Cc1ccc(S(=O)(=O)OCCC2CCCN(C(=O)[C@H](CC(C)C)NC(=O)OC(C)(C)C)C2)cc1. The van der Waals surface area contributed by atoms with Crippen LogP contribution in [0.15, 0.2) is 29.2 Å². The Labute approximate surface area is 204 Å². The van der Waals surface area contributed by atoms with Crippen LogP contribution in [0, 0.1) is 18.8 Å². The lowest BCUT2D eigenvalue weighted by Crippen LogP contribution is -2.52. The Kier molecular flexibility index (Phi) is 9.94. The van der Waals surface area contributed by atoms with E-state index in [9.17, 15) is 18.0 Å². The Balaban J connectivity index is 1.93. The van der Waals surface area contributed by atoms with Gasteiger partial charge in [-0.3, -0.25) is 8.98 Å². The smallest absolute Gasteiger partial charge is 0.408 e. The molecule has 1 fully saturated rings. The molecule has 2 amide bonds. The fraction of sp³-hybridized carbons (Fsp3) is 0.680. The Morgan fingerprint density at radius 1 is 1.18 bits per heavy atom. The van der Waals surface area contributed by atoms with Gasteiger partial charge in [0.05, 0.1) is 11.5 Å². The third kappa shape index (κ3) is 9.25. The molecular weight excluding hydrogens is 456 g/mol. The number of nitrogens with one attached hydrogen (secondary N) is 1. The number of amides is 2. The van der Waals surface area contributed by atoms with Crippen molar-refractivity contribution in [2.24, 2.45) is 11.8 Å². The molecule has 2 rings (SSSR count). The highest BCUT2D eigenvalue weighted by Crippen LogP contribution is 2.23. The molecule has 1 aromatic carbocycles. The lowest BCUT2D eigenvalue weighted by atomic mass is 9.94. The zero-order chi connectivity index (χ0) is 25.5. The Morgan fingerprint density at radius 2 is 1.82 bits per heavy atom. The topological polar surface area (TPSA) is 102 Å². The lowest BCUT2D eigenvalue weighted by molar-refractivity contribution is -0.135. The minimum Gasteiger partial charge on any atom is -0.444 e. The van der Waals surface area contributed by atoms with Crippen LogP contribution >= 0.6 is 0 Å². The number of alkyl carbamates (subject to hydrolysis) is 1. The van der Waals surface area contributed by atoms with Crippen LogP contribution in [0.3, 0.4) is 0 Å². The average molecular weight is 497 g/mol. The molecule has 0 aromatic heterocycles. The zero-order valence-corrected chi connectivity index (χ0v) is 22.1. The van der Waals surface area contributed by atoms with Crippen LogP contribution in [-0.4, -0.2) is 56.7 Å². The van der Waals surface area contributed by atoms with E-state index in [-0.39, 0.29) is 29.2 Å². The molecule has 1 aliphatic rings. The second-order valence-corrected chi connectivity index (χ2v) is 12.1. The van der Waals surface area contributed by atoms with Gasteiger partial charge in [0.15, 0.2) is 0 Å². The van der Waals surface area contributed by atoms with Gasteiger partial charge in [-0.15, -0.1) is 0 Å². The molecule has 0 spiro atoms. The summed E-state index contributed by atoms with van der Waals surface area (Å²) in [7, 11) is -3.81. The van der Waals surface area contributed by atoms with Gasteiger partial charge in [-0.2, -0.15) is 8.42 Å². The van der Waals surface area contributed by atoms with Gasteiger partial charge in [0.25, 0.3) is 10.1 Å². The maximum absolute atomic E-state index is 13.3. The first-order chi connectivity index (χ1) is 15.8. The first-order valence-electron chi connectivity index (χ1n) is 12.0. The minimum absolute atomic E-state index is 0.0640. The zero-order valence-electron chi connectivity index (χ0n) is 21.3. The van der Waals surface area contributed by atoms with Crippen molar-refractivity contribution >= 4 is 22.1 Å². The van der Waals surface area contributed by atoms with Crippen molar-refractivity contribution < 1.29 is 26.9 Å². The summed E-state index contributed by atoms with van der Waals surface area (Å²) in [6, 6.07) is 5.89. The summed E-state index contributed by atoms with van der Waals surface area (Å²) in [5, 5.41) is 2.75. The summed E-state index contributed by atoms with van der Waals surface area (Å²) < 4.78 is 35.4. The number of hydrogen-bond donors (Lipinski definition) is 1. The minimum atomic E-state index is -3.81. The van der Waals surface area contributed by atoms with Crippen LogP contribution < -0.4 is 5.32 Å². The predicted octanol–water partition coefficient (Wildman–Crippen LogP) is 4.27. The number of rotatable bonds is 9. The normalized spacial score (nSPS) is 18.0. The molecular formula is C25H40N2O6S. The number of likely N-dealkylation sites (tertiary alicyclic amines) is 1. The van der Waals surface area contributed by atoms with E-state index in [1.807, 2.05) is 20.8 Å². The summed E-state index contributed by atoms with van der Waals surface area (Å²) in [6.45, 7) is 12.4. The molecule has 1 N–H and O–H groups in total. The van der Waals surface area contributed by atoms with E-state index in [2.05, 4.69) is 5.32 Å². The highest BCUT2D eigenvalue weighted by Gasteiger charge is 2.31. The number of nitrogens with zero attached hydrogens (tertiary/aromatic N) is 1. The number of piperidine rings is 1. The van der Waals surface area contributed by atoms with Crippen LogP contribution in [0.1, 0.15) is 65.9 Å². The Bertz CT molecular complexity index is 922. The molecule has 192 valence electrons. The molecule has 1 heterocycles. The van der Waals surface area contributed by atoms with Gasteiger partial charge in [0.2, 0.25) is 5.91 Å². The molecule has 1 aromatic rings. The molecule has 8 nitrogen and oxygen atoms in total. The van der Waals surface area contributed by atoms with E-state index in [4.69, 9.17) is 8.92 Å². The Morgan fingerprint density at radius 3 is 2.41 bits per heavy atom. The van der Waals surface area contributed by atoms with E-state index in [0.29, 0.717) is 25.9 Å². The van der Waals surface area contributed by atoms with Crippen LogP contribution in [0.5, 0.6) is 0 Å². The standard InChI is InChI=1S/C25H40N2O6S/c1-18(2)16-22(26-24(29)33-25(4,5)6)23(28)27-14-7-8-20(17-27)13-15-32-34(30,31)21-11-9-19(3)10-12-21/h9-12,18,20,22H,7-8,13-17H2,1-6H3,(H,26,29)/t20?,22-/m0/s1. The third-order valence-corrected chi connectivity index (χ3v) is 6.93. The first kappa shape index (κ1) is 28.1. The van der Waals surface area contributed by atoms with Crippen LogP contribution in [0.2, 0.25) is 0 Å². The molecule has 0 radical (unpaired) electrons. The molecule has 1 saturated heterocycles. The summed E-state index contributed by atoms with van der Waals surface area (Å²) in [5.41, 5.74) is 0.327. The summed E-state index contributed by atoms with van der Waals surface area (Å²) >= 11 is 0. The molecule has 0 bridgehead atoms. The highest BCUT2D eigenvalue weighted by atomic mass is 32.2. The highest BCUT2D eigenvalue weighted by molar-refractivity contribution is 7.86. The first-order valence-corrected chi connectivity index (χ1v) is 13.4. The molecule has 9 heteroatoms. The van der Waals surface area contributed by atoms with Crippen molar-refractivity contribution in [1.29, 1.82) is 0 Å². The van der Waals surface area contributed by atoms with Crippen molar-refractivity contribution in [2.45, 2.75) is 83.8 Å². The van der Waals surface area contributed by atoms with Gasteiger partial charge in [-0.25, -0.2) is 4.79 Å². The largest absolute Gasteiger partial charge is 0.444 e. The van der Waals surface area contributed by atoms with E-state index in [1.165, 1.54) is 12.1 Å². The van der Waals surface area contributed by atoms with Gasteiger partial charge in [-0.1, -0.05) is 31.5 Å². The van der Waals surface area contributed by atoms with Crippen molar-refractivity contribution in [3.63, 3.8) is 0 Å². The summed E-state index contributed by atoms with van der Waals surface area (Å²) in [5.74, 6) is 0.217. The molecule has 1 aliphatic heterocycles. The van der Waals surface area contributed by atoms with Gasteiger partial charge < -0.3 is 15.0 Å². The van der Waals surface area contributed by atoms with E-state index in [1.54, 1.807) is 37.8 Å². The van der Waals surface area contributed by atoms with Gasteiger partial charge >= 0.3 is 6.09 Å². The van der Waals surface area contributed by atoms with Crippen molar-refractivity contribution in [2.75, 3.05) is 19.7 Å². The molecule has 34 heavy (non-hydrogen) atoms. The molecule has 2 atom stereocenters. The molecule has 1 unspecified atom stereocenters. The number of hydrogen-bond acceptors (Lipinski definition) is 6. The number of carbonyl (C=O) groups excluding carboxylic acids is 2. The number of aryl methyl sites for hydroxylation is 1. The molecule has 0 saturated carbocycles. The van der Waals surface area contributed by atoms with E-state index < -0.39 is 27.9 Å². The van der Waals surface area contributed by atoms with Crippen LogP contribution in [-0.2, 0) is 23.8 Å². The van der Waals surface area contributed by atoms with Gasteiger partial charge in [0.1, 0.15) is 11.6 Å². The lowest BCUT2D eigenvalue weighted by Gasteiger charge is -2.35. The predicted molar refractivity (Wildman–Crippen MR) is 131 cm³/mol. The average Bonchev–Trinajstić information content (AvgIpc) is 2.71. The maximum atomic E-state index is 13.3. The monoisotopic (exact) mass is 496 g/mol. The van der Waals surface area contributed by atoms with Crippen molar-refractivity contribution in [1.82, 2.24) is 10.2 Å². The van der Waals surface area contributed by atoms with Crippen molar-refractivity contribution in [3.05, 3.63) is 29.8 Å². The van der Waals surface area contributed by atoms with Crippen molar-refractivity contribution in [3.8, 4) is 0 Å². The summed E-state index contributed by atoms with van der Waals surface area (Å²) in [4.78, 5) is 27.5. The number of carbonyl (C=O) groups is 2.